The molecule has 0 bridgehead atoms. The summed E-state index contributed by atoms with van der Waals surface area (Å²) in [7, 11) is 6.93. The Morgan fingerprint density at radius 2 is 0.444 bits per heavy atom. The second kappa shape index (κ2) is 79.7. The van der Waals surface area contributed by atoms with Gasteiger partial charge in [0.25, 0.3) is 0 Å². The summed E-state index contributed by atoms with van der Waals surface area (Å²) in [4.78, 5) is 37.3. The largest absolute Gasteiger partial charge is 0.541 e. The van der Waals surface area contributed by atoms with E-state index in [1.165, 1.54) is 26.9 Å². The monoisotopic (exact) mass is 806 g/mol. The first-order chi connectivity index (χ1) is 18.1. The fraction of sp³-hybridized carbons (Fsp3) is 0.886. The molecule has 0 rings (SSSR count). The van der Waals surface area contributed by atoms with E-state index in [9.17, 15) is 9.59 Å². The molecule has 0 aliphatic carbocycles. The predicted octanol–water partition coefficient (Wildman–Crippen LogP) is 8.85. The third kappa shape index (κ3) is 385. The smallest absolute Gasteiger partial charge is 0.00935 e. The van der Waals surface area contributed by atoms with Crippen LogP contribution in [0.4, 0.5) is 0 Å². The third-order valence-corrected chi connectivity index (χ3v) is 2.32. The molecule has 0 saturated heterocycles. The Morgan fingerprint density at radius 1 is 0.378 bits per heavy atom. The van der Waals surface area contributed by atoms with Crippen molar-refractivity contribution in [2.75, 3.05) is 28.2 Å². The molecule has 0 fully saturated rings. The van der Waals surface area contributed by atoms with Gasteiger partial charge in [0, 0.05) is 76.5 Å². The van der Waals surface area contributed by atoms with Gasteiger partial charge in [0.1, 0.15) is 0 Å². The number of rotatable bonds is 2. The molecule has 0 aliphatic rings. The molecule has 10 heteroatoms. The van der Waals surface area contributed by atoms with E-state index < -0.39 is 0 Å². The van der Waals surface area contributed by atoms with E-state index >= 15 is 0 Å². The molecule has 0 heterocycles. The van der Waals surface area contributed by atoms with Crippen LogP contribution in [0.3, 0.4) is 0 Å². The third-order valence-electron chi connectivity index (χ3n) is 2.32. The molecule has 282 valence electrons. The van der Waals surface area contributed by atoms with Gasteiger partial charge in [-0.3, -0.25) is 12.6 Å². The zero-order valence-electron chi connectivity index (χ0n) is 32.8. The molecule has 2 radical (unpaired) electrons. The van der Waals surface area contributed by atoms with Gasteiger partial charge >= 0.3 is 0 Å². The van der Waals surface area contributed by atoms with Gasteiger partial charge in [-0.2, -0.15) is 12.8 Å². The molecule has 0 spiro atoms. The summed E-state index contributed by atoms with van der Waals surface area (Å²) >= 11 is 0. The molecule has 0 aromatic carbocycles. The molecule has 4 N–H and O–H groups in total. The van der Waals surface area contributed by atoms with Crippen molar-refractivity contribution >= 4 is 25.4 Å². The normalized spacial score (nSPS) is 7.64. The van der Waals surface area contributed by atoms with E-state index in [1.807, 2.05) is 124 Å². The molecule has 0 aromatic rings. The van der Waals surface area contributed by atoms with Crippen LogP contribution in [-0.4, -0.2) is 64.7 Å². The molecule has 8 nitrogen and oxygen atoms in total. The number of hydrogen-bond donors (Lipinski definition) is 4. The van der Waals surface area contributed by atoms with Crippen molar-refractivity contribution in [2.45, 2.75) is 172 Å². The van der Waals surface area contributed by atoms with E-state index in [2.05, 4.69) is 62.8 Å². The van der Waals surface area contributed by atoms with Gasteiger partial charge < -0.3 is 40.4 Å². The minimum absolute atomic E-state index is 0. The average molecular weight is 807 g/mol. The first kappa shape index (κ1) is 96.8. The standard InChI is InChI=1S/2C5H13N.2C5H9O.2C2H4NO.4C2H6.3CH4.2Y/c2*1-5(2,3)6-4;2*1-5(2,3)4-6;2*1-3-2-4;4*1-2;;;;;/h2*6H,1-4H3;2*1-3H3;2*1H3,(H,3,4);4*1-2H3;3*1H4;;/q;;4*-1;;;;;;;;;. The van der Waals surface area contributed by atoms with E-state index in [1.54, 1.807) is 0 Å². The molecule has 0 aromatic heterocycles. The Kier molecular flexibility index (Phi) is 171. The molecule has 0 atom stereocenters. The van der Waals surface area contributed by atoms with E-state index in [-0.39, 0.29) is 98.5 Å². The van der Waals surface area contributed by atoms with Gasteiger partial charge in [-0.05, 0) is 69.7 Å². The predicted molar refractivity (Wildman–Crippen MR) is 203 cm³/mol. The van der Waals surface area contributed by atoms with Crippen LogP contribution in [0.15, 0.2) is 0 Å². The quantitative estimate of drug-likeness (QED) is 0.164. The maximum absolute atomic E-state index is 9.70. The Hall–Kier alpha value is 0.408. The van der Waals surface area contributed by atoms with Crippen LogP contribution in [0.25, 0.3) is 0 Å². The average Bonchev–Trinajstić information content (AvgIpc) is 2.93. The summed E-state index contributed by atoms with van der Waals surface area (Å²) in [6.45, 7) is 39.7. The molecule has 45 heavy (non-hydrogen) atoms. The second-order valence-corrected chi connectivity index (χ2v) is 10.4. The first-order valence-electron chi connectivity index (χ1n) is 14.3. The van der Waals surface area contributed by atoms with Crippen molar-refractivity contribution < 1.29 is 84.6 Å². The zero-order valence-corrected chi connectivity index (χ0v) is 38.5. The fourth-order valence-corrected chi connectivity index (χ4v) is 0. The van der Waals surface area contributed by atoms with E-state index in [0.29, 0.717) is 11.1 Å². The Balaban J connectivity index is -0.0000000174. The summed E-state index contributed by atoms with van der Waals surface area (Å²) < 4.78 is 0. The summed E-state index contributed by atoms with van der Waals surface area (Å²) in [6, 6.07) is 0. The molecular formula is C35H88N4O4Y2-4. The molecular weight excluding hydrogens is 718 g/mol. The number of hydrogen-bond acceptors (Lipinski definition) is 6. The van der Waals surface area contributed by atoms with Crippen molar-refractivity contribution in [3.63, 3.8) is 0 Å². The summed E-state index contributed by atoms with van der Waals surface area (Å²) in [5.41, 5.74) is 0.0556. The number of amides is 2. The zero-order chi connectivity index (χ0) is 35.7. The number of carbonyl (C=O) groups excluding carboxylic acids is 4. The van der Waals surface area contributed by atoms with Gasteiger partial charge in [-0.15, -0.1) is 10.8 Å². The molecule has 2 amide bonds. The summed E-state index contributed by atoms with van der Waals surface area (Å²) in [6.07, 6.45) is 6.57. The Labute approximate surface area is 339 Å². The van der Waals surface area contributed by atoms with Gasteiger partial charge in [0.2, 0.25) is 0 Å². The van der Waals surface area contributed by atoms with Crippen LogP contribution in [0.2, 0.25) is 0 Å². The summed E-state index contributed by atoms with van der Waals surface area (Å²) in [5.74, 6) is 0. The minimum Gasteiger partial charge on any atom is -0.541 e. The van der Waals surface area contributed by atoms with Crippen molar-refractivity contribution in [3.05, 3.63) is 0 Å². The molecule has 0 aliphatic heterocycles. The summed E-state index contributed by atoms with van der Waals surface area (Å²) in [5, 5.41) is 10.5. The van der Waals surface area contributed by atoms with Crippen LogP contribution in [0, 0.1) is 10.8 Å². The van der Waals surface area contributed by atoms with E-state index in [0.717, 1.165) is 0 Å². The molecule has 0 saturated carbocycles. The maximum Gasteiger partial charge on any atom is 0.00935 e. The van der Waals surface area contributed by atoms with Crippen molar-refractivity contribution in [3.8, 4) is 0 Å². The van der Waals surface area contributed by atoms with Crippen molar-refractivity contribution in [1.29, 1.82) is 0 Å². The SMILES string of the molecule is C.C.C.CC.CC.CC.CC.CC(C)(C)[C-]=O.CC(C)(C)[C-]=O.CNC(C)(C)C.CNC(C)(C)C.CN[C-]=O.CN[C-]=O.[Y].[Y]. The van der Waals surface area contributed by atoms with Crippen LogP contribution in [0.1, 0.15) is 161 Å². The Bertz CT molecular complexity index is 389. The van der Waals surface area contributed by atoms with Crippen LogP contribution < -0.4 is 21.3 Å². The van der Waals surface area contributed by atoms with Crippen LogP contribution in [0.5, 0.6) is 0 Å². The Morgan fingerprint density at radius 3 is 0.444 bits per heavy atom. The van der Waals surface area contributed by atoms with Crippen molar-refractivity contribution in [2.24, 2.45) is 10.8 Å². The molecule has 0 unspecified atom stereocenters. The van der Waals surface area contributed by atoms with Crippen LogP contribution >= 0.6 is 0 Å². The van der Waals surface area contributed by atoms with Gasteiger partial charge in [-0.25, -0.2) is 0 Å². The minimum atomic E-state index is -0.264. The topological polar surface area (TPSA) is 116 Å². The van der Waals surface area contributed by atoms with Gasteiger partial charge in [-0.1, -0.05) is 119 Å². The first-order valence-corrected chi connectivity index (χ1v) is 14.3. The fourth-order valence-electron chi connectivity index (χ4n) is 0. The second-order valence-electron chi connectivity index (χ2n) is 10.4. The van der Waals surface area contributed by atoms with Crippen molar-refractivity contribution in [1.82, 2.24) is 21.3 Å². The van der Waals surface area contributed by atoms with Gasteiger partial charge in [0.15, 0.2) is 0 Å². The number of nitrogens with one attached hydrogen (secondary N) is 4. The van der Waals surface area contributed by atoms with Crippen LogP contribution in [-0.2, 0) is 84.6 Å². The van der Waals surface area contributed by atoms with Gasteiger partial charge in [0.05, 0.1) is 0 Å². The maximum atomic E-state index is 9.70. The van der Waals surface area contributed by atoms with E-state index in [4.69, 9.17) is 9.59 Å².